The molecule has 2 rings (SSSR count). The van der Waals surface area contributed by atoms with Crippen LogP contribution in [0.2, 0.25) is 0 Å². The van der Waals surface area contributed by atoms with Gasteiger partial charge in [-0.05, 0) is 43.2 Å². The molecule has 1 aromatic rings. The molecule has 0 bridgehead atoms. The fourth-order valence-electron chi connectivity index (χ4n) is 2.68. The molecular formula is C15H22N2O. The summed E-state index contributed by atoms with van der Waals surface area (Å²) >= 11 is 0. The number of nitrogens with two attached hydrogens (primary N) is 1. The van der Waals surface area contributed by atoms with Gasteiger partial charge in [0.2, 0.25) is 5.91 Å². The lowest BCUT2D eigenvalue weighted by Crippen LogP contribution is -2.38. The van der Waals surface area contributed by atoms with Crippen molar-refractivity contribution in [1.82, 2.24) is 5.32 Å². The van der Waals surface area contributed by atoms with Crippen molar-refractivity contribution in [3.63, 3.8) is 0 Å². The molecule has 0 fully saturated rings. The van der Waals surface area contributed by atoms with Crippen molar-refractivity contribution in [2.24, 2.45) is 5.73 Å². The Hall–Kier alpha value is -1.35. The Morgan fingerprint density at radius 2 is 2.28 bits per heavy atom. The lowest BCUT2D eigenvalue weighted by Gasteiger charge is -2.25. The molecule has 1 amide bonds. The Kier molecular flexibility index (Phi) is 4.37. The highest BCUT2D eigenvalue weighted by Crippen LogP contribution is 2.33. The van der Waals surface area contributed by atoms with Crippen LogP contribution in [0.15, 0.2) is 24.3 Å². The van der Waals surface area contributed by atoms with Gasteiger partial charge in [0.1, 0.15) is 0 Å². The molecule has 1 unspecified atom stereocenters. The minimum atomic E-state index is 0.0661. The maximum atomic E-state index is 11.9. The zero-order chi connectivity index (χ0) is 13.0. The van der Waals surface area contributed by atoms with Gasteiger partial charge >= 0.3 is 0 Å². The summed E-state index contributed by atoms with van der Waals surface area (Å²) in [6.07, 6.45) is 4.03. The normalized spacial score (nSPS) is 20.0. The fraction of sp³-hybridized carbons (Fsp3) is 0.533. The summed E-state index contributed by atoms with van der Waals surface area (Å²) in [5.41, 5.74) is 8.29. The molecule has 18 heavy (non-hydrogen) atoms. The van der Waals surface area contributed by atoms with E-state index in [1.54, 1.807) is 0 Å². The summed E-state index contributed by atoms with van der Waals surface area (Å²) in [7, 11) is 0. The minimum Gasteiger partial charge on any atom is -0.352 e. The second-order valence-corrected chi connectivity index (χ2v) is 5.20. The topological polar surface area (TPSA) is 55.1 Å². The van der Waals surface area contributed by atoms with E-state index in [1.807, 2.05) is 6.92 Å². The first-order valence-electron chi connectivity index (χ1n) is 6.78. The molecule has 3 heteroatoms. The standard InChI is InChI=1S/C15H22N2O/c1-11(10-16)17-15(18)9-13-7-4-6-12-5-2-3-8-14(12)13/h2-3,5,8,11,13H,4,6-7,9-10,16H2,1H3,(H,17,18)/t11-,13?/m0/s1. The maximum absolute atomic E-state index is 11.9. The molecule has 0 aliphatic heterocycles. The molecule has 1 aliphatic carbocycles. The van der Waals surface area contributed by atoms with Crippen LogP contribution in [0.5, 0.6) is 0 Å². The molecule has 2 atom stereocenters. The number of carbonyl (C=O) groups is 1. The summed E-state index contributed by atoms with van der Waals surface area (Å²) in [5, 5.41) is 2.94. The number of hydrogen-bond acceptors (Lipinski definition) is 2. The third-order valence-corrected chi connectivity index (χ3v) is 3.69. The molecule has 1 aliphatic rings. The van der Waals surface area contributed by atoms with Gasteiger partial charge in [-0.15, -0.1) is 0 Å². The summed E-state index contributed by atoms with van der Waals surface area (Å²) in [6, 6.07) is 8.56. The second-order valence-electron chi connectivity index (χ2n) is 5.20. The van der Waals surface area contributed by atoms with Crippen LogP contribution in [0.3, 0.4) is 0 Å². The largest absolute Gasteiger partial charge is 0.352 e. The van der Waals surface area contributed by atoms with Crippen molar-refractivity contribution >= 4 is 5.91 Å². The van der Waals surface area contributed by atoms with E-state index in [4.69, 9.17) is 5.73 Å². The molecule has 3 nitrogen and oxygen atoms in total. The predicted octanol–water partition coefficient (Wildman–Crippen LogP) is 1.96. The van der Waals surface area contributed by atoms with Crippen LogP contribution in [0.4, 0.5) is 0 Å². The molecule has 0 radical (unpaired) electrons. The lowest BCUT2D eigenvalue weighted by molar-refractivity contribution is -0.122. The van der Waals surface area contributed by atoms with E-state index >= 15 is 0 Å². The highest BCUT2D eigenvalue weighted by Gasteiger charge is 2.22. The van der Waals surface area contributed by atoms with Crippen LogP contribution in [0, 0.1) is 0 Å². The minimum absolute atomic E-state index is 0.0661. The van der Waals surface area contributed by atoms with E-state index < -0.39 is 0 Å². The van der Waals surface area contributed by atoms with Crippen LogP contribution < -0.4 is 11.1 Å². The van der Waals surface area contributed by atoms with Gasteiger partial charge in [0.05, 0.1) is 0 Å². The van der Waals surface area contributed by atoms with Crippen molar-refractivity contribution < 1.29 is 4.79 Å². The van der Waals surface area contributed by atoms with Crippen molar-refractivity contribution in [3.8, 4) is 0 Å². The average molecular weight is 246 g/mol. The molecule has 0 heterocycles. The van der Waals surface area contributed by atoms with Gasteiger partial charge in [-0.2, -0.15) is 0 Å². The molecular weight excluding hydrogens is 224 g/mol. The Bertz CT molecular complexity index is 417. The van der Waals surface area contributed by atoms with Gasteiger partial charge < -0.3 is 11.1 Å². The van der Waals surface area contributed by atoms with E-state index in [1.165, 1.54) is 17.5 Å². The zero-order valence-corrected chi connectivity index (χ0v) is 11.0. The van der Waals surface area contributed by atoms with Gasteiger partial charge in [-0.3, -0.25) is 4.79 Å². The Morgan fingerprint density at radius 3 is 3.06 bits per heavy atom. The quantitative estimate of drug-likeness (QED) is 0.853. The smallest absolute Gasteiger partial charge is 0.220 e. The number of carbonyl (C=O) groups excluding carboxylic acids is 1. The molecule has 1 aromatic carbocycles. The van der Waals surface area contributed by atoms with Crippen LogP contribution in [-0.4, -0.2) is 18.5 Å². The SMILES string of the molecule is C[C@@H](CN)NC(=O)CC1CCCc2ccccc21. The van der Waals surface area contributed by atoms with E-state index in [0.29, 0.717) is 18.9 Å². The molecule has 3 N–H and O–H groups in total. The molecule has 0 saturated heterocycles. The maximum Gasteiger partial charge on any atom is 0.220 e. The van der Waals surface area contributed by atoms with Gasteiger partial charge in [0.15, 0.2) is 0 Å². The number of fused-ring (bicyclic) bond motifs is 1. The predicted molar refractivity (Wildman–Crippen MR) is 73.4 cm³/mol. The number of rotatable bonds is 4. The van der Waals surface area contributed by atoms with E-state index in [9.17, 15) is 4.79 Å². The molecule has 0 spiro atoms. The zero-order valence-electron chi connectivity index (χ0n) is 11.0. The van der Waals surface area contributed by atoms with Crippen LogP contribution in [-0.2, 0) is 11.2 Å². The van der Waals surface area contributed by atoms with Gasteiger partial charge in [-0.1, -0.05) is 24.3 Å². The van der Waals surface area contributed by atoms with Gasteiger partial charge in [0.25, 0.3) is 0 Å². The van der Waals surface area contributed by atoms with Crippen LogP contribution in [0.25, 0.3) is 0 Å². The third kappa shape index (κ3) is 3.10. The number of nitrogens with one attached hydrogen (secondary N) is 1. The summed E-state index contributed by atoms with van der Waals surface area (Å²) in [6.45, 7) is 2.43. The van der Waals surface area contributed by atoms with Gasteiger partial charge in [-0.25, -0.2) is 0 Å². The van der Waals surface area contributed by atoms with E-state index in [0.717, 1.165) is 12.8 Å². The summed E-state index contributed by atoms with van der Waals surface area (Å²) in [5.74, 6) is 0.495. The third-order valence-electron chi connectivity index (χ3n) is 3.69. The molecule has 0 aromatic heterocycles. The number of amides is 1. The van der Waals surface area contributed by atoms with Crippen molar-refractivity contribution in [3.05, 3.63) is 35.4 Å². The Labute approximate surface area is 109 Å². The summed E-state index contributed by atoms with van der Waals surface area (Å²) < 4.78 is 0. The Morgan fingerprint density at radius 1 is 1.50 bits per heavy atom. The van der Waals surface area contributed by atoms with E-state index in [-0.39, 0.29) is 11.9 Å². The monoisotopic (exact) mass is 246 g/mol. The number of aryl methyl sites for hydroxylation is 1. The first kappa shape index (κ1) is 13.1. The molecule has 98 valence electrons. The number of hydrogen-bond donors (Lipinski definition) is 2. The number of benzene rings is 1. The first-order chi connectivity index (χ1) is 8.70. The van der Waals surface area contributed by atoms with Crippen LogP contribution >= 0.6 is 0 Å². The first-order valence-corrected chi connectivity index (χ1v) is 6.78. The van der Waals surface area contributed by atoms with E-state index in [2.05, 4.69) is 29.6 Å². The Balaban J connectivity index is 2.01. The van der Waals surface area contributed by atoms with Crippen molar-refractivity contribution in [1.29, 1.82) is 0 Å². The van der Waals surface area contributed by atoms with Gasteiger partial charge in [0, 0.05) is 19.0 Å². The molecule has 0 saturated carbocycles. The van der Waals surface area contributed by atoms with Crippen molar-refractivity contribution in [2.75, 3.05) is 6.54 Å². The second kappa shape index (κ2) is 6.01. The van der Waals surface area contributed by atoms with Crippen molar-refractivity contribution in [2.45, 2.75) is 44.6 Å². The average Bonchev–Trinajstić information content (AvgIpc) is 2.39. The highest BCUT2D eigenvalue weighted by molar-refractivity contribution is 5.77. The lowest BCUT2D eigenvalue weighted by atomic mass is 9.81. The summed E-state index contributed by atoms with van der Waals surface area (Å²) in [4.78, 5) is 11.9. The fourth-order valence-corrected chi connectivity index (χ4v) is 2.68. The highest BCUT2D eigenvalue weighted by atomic mass is 16.1. The van der Waals surface area contributed by atoms with Crippen LogP contribution in [0.1, 0.15) is 43.2 Å².